The molecule has 1 saturated heterocycles. The lowest BCUT2D eigenvalue weighted by atomic mass is 10.0. The number of aliphatic hydroxyl groups is 1. The molecule has 2 aromatic carbocycles. The highest BCUT2D eigenvalue weighted by Crippen LogP contribution is 2.47. The van der Waals surface area contributed by atoms with Crippen molar-refractivity contribution < 1.29 is 50.9 Å². The topological polar surface area (TPSA) is 185 Å². The first-order chi connectivity index (χ1) is 23.2. The van der Waals surface area contributed by atoms with Crippen LogP contribution in [0.2, 0.25) is 0 Å². The number of methoxy groups -OCH3 is 1. The summed E-state index contributed by atoms with van der Waals surface area (Å²) in [5.41, 5.74) is 7.17. The van der Waals surface area contributed by atoms with Gasteiger partial charge in [-0.25, -0.2) is 13.2 Å². The second kappa shape index (κ2) is 19.0. The van der Waals surface area contributed by atoms with Crippen LogP contribution in [0.1, 0.15) is 46.6 Å². The molecular formula is C33H52N3O11PS. The molecule has 0 bridgehead atoms. The van der Waals surface area contributed by atoms with Gasteiger partial charge in [0.1, 0.15) is 11.9 Å². The number of rotatable bonds is 20. The van der Waals surface area contributed by atoms with Crippen LogP contribution >= 0.6 is 7.60 Å². The summed E-state index contributed by atoms with van der Waals surface area (Å²) in [6, 6.07) is 11.7. The number of anilines is 1. The number of carbonyl (C=O) groups excluding carboxylic acids is 1. The third kappa shape index (κ3) is 11.9. The van der Waals surface area contributed by atoms with Crippen LogP contribution < -0.4 is 15.8 Å². The maximum atomic E-state index is 13.9. The van der Waals surface area contributed by atoms with Crippen LogP contribution in [-0.4, -0.2) is 94.8 Å². The van der Waals surface area contributed by atoms with Gasteiger partial charge in [-0.15, -0.1) is 0 Å². The number of aliphatic hydroxyl groups excluding tert-OH is 1. The lowest BCUT2D eigenvalue weighted by Crippen LogP contribution is -2.51. The van der Waals surface area contributed by atoms with Gasteiger partial charge < -0.3 is 44.2 Å². The third-order valence-corrected chi connectivity index (χ3v) is 11.5. The number of benzene rings is 2. The molecule has 1 heterocycles. The van der Waals surface area contributed by atoms with E-state index >= 15 is 0 Å². The molecule has 16 heteroatoms. The summed E-state index contributed by atoms with van der Waals surface area (Å²) in [5.74, 6) is 0.0139. The molecule has 0 aliphatic carbocycles. The zero-order valence-corrected chi connectivity index (χ0v) is 30.9. The number of ether oxygens (including phenoxy) is 4. The van der Waals surface area contributed by atoms with Crippen LogP contribution in [0.4, 0.5) is 10.5 Å². The molecule has 276 valence electrons. The van der Waals surface area contributed by atoms with Crippen molar-refractivity contribution in [3.8, 4) is 5.75 Å². The summed E-state index contributed by atoms with van der Waals surface area (Å²) in [6.07, 6.45) is -2.66. The van der Waals surface area contributed by atoms with Crippen molar-refractivity contribution in [2.24, 2.45) is 11.8 Å². The zero-order chi connectivity index (χ0) is 36.2. The highest BCUT2D eigenvalue weighted by molar-refractivity contribution is 7.89. The van der Waals surface area contributed by atoms with Crippen molar-refractivity contribution in [1.82, 2.24) is 9.62 Å². The summed E-state index contributed by atoms with van der Waals surface area (Å²) in [7, 11) is -6.07. The largest absolute Gasteiger partial charge is 0.481 e. The summed E-state index contributed by atoms with van der Waals surface area (Å²) in [6.45, 7) is 9.35. The lowest BCUT2D eigenvalue weighted by molar-refractivity contribution is -0.111. The molecule has 0 unspecified atom stereocenters. The number of nitrogens with one attached hydrogen (secondary N) is 1. The van der Waals surface area contributed by atoms with E-state index in [-0.39, 0.29) is 68.2 Å². The first kappa shape index (κ1) is 40.7. The van der Waals surface area contributed by atoms with E-state index < -0.39 is 48.3 Å². The Bertz CT molecular complexity index is 1450. The van der Waals surface area contributed by atoms with E-state index in [9.17, 15) is 22.9 Å². The second-order valence-electron chi connectivity index (χ2n) is 12.1. The first-order valence-electron chi connectivity index (χ1n) is 16.5. The molecule has 49 heavy (non-hydrogen) atoms. The van der Waals surface area contributed by atoms with Crippen molar-refractivity contribution >= 4 is 29.4 Å². The van der Waals surface area contributed by atoms with Crippen LogP contribution in [0.25, 0.3) is 0 Å². The number of hydrogen-bond donors (Lipinski definition) is 3. The van der Waals surface area contributed by atoms with Gasteiger partial charge in [0, 0.05) is 31.8 Å². The molecule has 0 spiro atoms. The lowest BCUT2D eigenvalue weighted by Gasteiger charge is -2.31. The molecule has 0 aromatic heterocycles. The fourth-order valence-corrected chi connectivity index (χ4v) is 8.41. The normalized spacial score (nSPS) is 19.6. The van der Waals surface area contributed by atoms with Crippen LogP contribution in [-0.2, 0) is 44.3 Å². The molecule has 1 aliphatic rings. The predicted molar refractivity (Wildman–Crippen MR) is 185 cm³/mol. The fraction of sp³-hybridized carbons (Fsp3) is 0.606. The Kier molecular flexibility index (Phi) is 15.8. The zero-order valence-electron chi connectivity index (χ0n) is 29.1. The minimum Gasteiger partial charge on any atom is -0.481 e. The van der Waals surface area contributed by atoms with E-state index in [1.165, 1.54) is 35.7 Å². The maximum absolute atomic E-state index is 13.9. The number of nitrogen functional groups attached to an aromatic ring is 1. The van der Waals surface area contributed by atoms with Crippen molar-refractivity contribution in [3.05, 3.63) is 54.1 Å². The van der Waals surface area contributed by atoms with Crippen molar-refractivity contribution in [2.75, 3.05) is 52.1 Å². The molecule has 0 saturated carbocycles. The Labute approximate surface area is 290 Å². The molecule has 1 amide bonds. The molecule has 1 fully saturated rings. The van der Waals surface area contributed by atoms with Crippen LogP contribution in [0.3, 0.4) is 0 Å². The Morgan fingerprint density at radius 2 is 1.69 bits per heavy atom. The molecule has 4 N–H and O–H groups in total. The number of nitrogens with zero attached hydrogens (tertiary/aromatic N) is 1. The highest BCUT2D eigenvalue weighted by atomic mass is 32.2. The molecule has 5 atom stereocenters. The number of carbonyl (C=O) groups is 1. The van der Waals surface area contributed by atoms with E-state index in [2.05, 4.69) is 5.32 Å². The molecule has 0 radical (unpaired) electrons. The van der Waals surface area contributed by atoms with E-state index in [0.29, 0.717) is 12.1 Å². The minimum atomic E-state index is -4.12. The quantitative estimate of drug-likeness (QED) is 0.127. The van der Waals surface area contributed by atoms with Gasteiger partial charge in [0.05, 0.1) is 36.9 Å². The number of nitrogens with two attached hydrogens (primary N) is 1. The van der Waals surface area contributed by atoms with Gasteiger partial charge in [0.2, 0.25) is 10.0 Å². The van der Waals surface area contributed by atoms with E-state index in [1.807, 2.05) is 20.8 Å². The third-order valence-electron chi connectivity index (χ3n) is 7.88. The molecule has 2 aromatic rings. The van der Waals surface area contributed by atoms with Crippen molar-refractivity contribution in [1.29, 1.82) is 0 Å². The summed E-state index contributed by atoms with van der Waals surface area (Å²) in [5, 5.41) is 14.3. The molecule has 3 rings (SSSR count). The van der Waals surface area contributed by atoms with Crippen molar-refractivity contribution in [2.45, 2.75) is 76.9 Å². The summed E-state index contributed by atoms with van der Waals surface area (Å²) < 4.78 is 74.6. The Morgan fingerprint density at radius 1 is 1.06 bits per heavy atom. The van der Waals surface area contributed by atoms with Gasteiger partial charge in [-0.3, -0.25) is 4.57 Å². The number of hydrogen-bond acceptors (Lipinski definition) is 12. The summed E-state index contributed by atoms with van der Waals surface area (Å²) in [4.78, 5) is 13.1. The average molecular weight is 730 g/mol. The van der Waals surface area contributed by atoms with Crippen LogP contribution in [0.15, 0.2) is 53.4 Å². The van der Waals surface area contributed by atoms with Crippen molar-refractivity contribution in [3.63, 3.8) is 0 Å². The second-order valence-corrected chi connectivity index (χ2v) is 16.1. The Balaban J connectivity index is 1.80. The van der Waals surface area contributed by atoms with E-state index in [4.69, 9.17) is 33.7 Å². The van der Waals surface area contributed by atoms with Gasteiger partial charge in [-0.1, -0.05) is 32.9 Å². The van der Waals surface area contributed by atoms with E-state index in [0.717, 1.165) is 5.56 Å². The predicted octanol–water partition coefficient (Wildman–Crippen LogP) is 4.61. The number of sulfonamides is 1. The van der Waals surface area contributed by atoms with Gasteiger partial charge >= 0.3 is 13.7 Å². The Morgan fingerprint density at radius 3 is 2.24 bits per heavy atom. The fourth-order valence-electron chi connectivity index (χ4n) is 5.48. The number of alkyl carbamates (subject to hydrolysis) is 1. The van der Waals surface area contributed by atoms with Crippen LogP contribution in [0.5, 0.6) is 5.75 Å². The molecule has 1 aliphatic heterocycles. The average Bonchev–Trinajstić information content (AvgIpc) is 3.45. The van der Waals surface area contributed by atoms with Crippen LogP contribution in [0, 0.1) is 11.8 Å². The SMILES string of the molecule is CCOP(=O)(COc1ccc(S(=O)(=O)N(CC(C)C)C[C@@H](O)[C@H](Cc2ccc(N)cc2)NC(=O)O[C@H]2CO[C@@H](OC)[C@H]2CC)cc1)OCC. The van der Waals surface area contributed by atoms with Gasteiger partial charge in [-0.2, -0.15) is 4.31 Å². The smallest absolute Gasteiger partial charge is 0.407 e. The standard InChI is InChI=1S/C33H52N3O11PS/c1-7-28-31(21-43-32(28)42-6)47-33(38)35-29(18-24-10-12-25(34)13-11-24)30(37)20-36(19-23(4)5)49(40,41)27-16-14-26(15-17-27)44-22-48(39,45-8-2)46-9-3/h10-17,23,28-32,37H,7-9,18-22,34H2,1-6H3,(H,35,38)/t28-,29-,30+,31-,32+/m0/s1. The highest BCUT2D eigenvalue weighted by Gasteiger charge is 2.39. The monoisotopic (exact) mass is 729 g/mol. The maximum Gasteiger partial charge on any atom is 0.407 e. The number of amides is 1. The Hall–Kier alpha value is -2.75. The summed E-state index contributed by atoms with van der Waals surface area (Å²) >= 11 is 0. The first-order valence-corrected chi connectivity index (χ1v) is 19.7. The molecular weight excluding hydrogens is 677 g/mol. The van der Waals surface area contributed by atoms with E-state index in [1.54, 1.807) is 38.1 Å². The van der Waals surface area contributed by atoms with Gasteiger partial charge in [0.15, 0.2) is 12.6 Å². The molecule has 14 nitrogen and oxygen atoms in total. The van der Waals surface area contributed by atoms with Gasteiger partial charge in [0.25, 0.3) is 0 Å². The van der Waals surface area contributed by atoms with Gasteiger partial charge in [-0.05, 0) is 74.6 Å². The minimum absolute atomic E-state index is 0.0347.